The summed E-state index contributed by atoms with van der Waals surface area (Å²) >= 11 is 0. The highest BCUT2D eigenvalue weighted by Crippen LogP contribution is 2.36. The average molecular weight is 656 g/mol. The predicted octanol–water partition coefficient (Wildman–Crippen LogP) is 10.3. The van der Waals surface area contributed by atoms with Crippen molar-refractivity contribution < 1.29 is 9.30 Å². The van der Waals surface area contributed by atoms with Crippen molar-refractivity contribution in [3.05, 3.63) is 145 Å². The van der Waals surface area contributed by atoms with Crippen molar-refractivity contribution in [2.75, 3.05) is 0 Å². The summed E-state index contributed by atoms with van der Waals surface area (Å²) in [6.07, 6.45) is 8.28. The summed E-state index contributed by atoms with van der Waals surface area (Å²) in [4.78, 5) is 9.59. The number of pyridine rings is 2. The molecule has 0 aliphatic rings. The Balaban J connectivity index is 1.18. The second-order valence-electron chi connectivity index (χ2n) is 15.3. The molecule has 6 heteroatoms. The molecule has 0 saturated heterocycles. The number of imidazole rings is 1. The van der Waals surface area contributed by atoms with Crippen molar-refractivity contribution in [1.29, 1.82) is 0 Å². The van der Waals surface area contributed by atoms with Crippen LogP contribution < -0.4 is 9.30 Å². The molecule has 0 spiro atoms. The van der Waals surface area contributed by atoms with Crippen LogP contribution in [0.2, 0.25) is 0 Å². The van der Waals surface area contributed by atoms with Crippen molar-refractivity contribution in [3.8, 4) is 28.8 Å². The number of hydrogen-bond acceptors (Lipinski definition) is 3. The molecule has 0 aliphatic carbocycles. The van der Waals surface area contributed by atoms with Crippen LogP contribution in [0.15, 0.2) is 128 Å². The van der Waals surface area contributed by atoms with Crippen molar-refractivity contribution in [2.24, 2.45) is 5.41 Å². The van der Waals surface area contributed by atoms with Gasteiger partial charge in [-0.15, -0.1) is 0 Å². The number of benzene rings is 4. The Morgan fingerprint density at radius 1 is 0.640 bits per heavy atom. The van der Waals surface area contributed by atoms with Crippen LogP contribution in [0.3, 0.4) is 0 Å². The van der Waals surface area contributed by atoms with Gasteiger partial charge in [-0.2, -0.15) is 0 Å². The van der Waals surface area contributed by atoms with Gasteiger partial charge >= 0.3 is 0 Å². The Morgan fingerprint density at radius 3 is 2.18 bits per heavy atom. The molecule has 0 unspecified atom stereocenters. The van der Waals surface area contributed by atoms with Crippen LogP contribution in [0, 0.1) is 11.7 Å². The first-order valence-electron chi connectivity index (χ1n) is 17.2. The molecule has 0 amide bonds. The molecule has 8 aromatic rings. The molecule has 4 aromatic carbocycles. The zero-order chi connectivity index (χ0) is 34.6. The molecule has 0 aliphatic heterocycles. The number of hydrogen-bond donors (Lipinski definition) is 0. The third-order valence-corrected chi connectivity index (χ3v) is 9.13. The first-order valence-corrected chi connectivity index (χ1v) is 17.2. The summed E-state index contributed by atoms with van der Waals surface area (Å²) in [7, 11) is 0. The summed E-state index contributed by atoms with van der Waals surface area (Å²) in [6.45, 7) is 13.5. The summed E-state index contributed by atoms with van der Waals surface area (Å²) in [6, 6.07) is 40.0. The van der Waals surface area contributed by atoms with Gasteiger partial charge in [-0.25, -0.2) is 4.98 Å². The molecule has 0 fully saturated rings. The van der Waals surface area contributed by atoms with Gasteiger partial charge in [0.15, 0.2) is 5.82 Å². The molecule has 0 radical (unpaired) electrons. The average Bonchev–Trinajstić information content (AvgIpc) is 3.64. The lowest BCUT2D eigenvalue weighted by atomic mass is 9.88. The second kappa shape index (κ2) is 12.0. The topological polar surface area (TPSA) is 48.8 Å². The van der Waals surface area contributed by atoms with E-state index in [1.165, 1.54) is 16.5 Å². The largest absolute Gasteiger partial charge is 0.458 e. The zero-order valence-corrected chi connectivity index (χ0v) is 29.5. The highest BCUT2D eigenvalue weighted by atomic mass is 16.5. The normalized spacial score (nSPS) is 12.3. The number of para-hydroxylation sites is 3. The van der Waals surface area contributed by atoms with E-state index in [4.69, 9.17) is 14.7 Å². The number of fused-ring (bicyclic) bond motifs is 4. The molecular weight excluding hydrogens is 615 g/mol. The lowest BCUT2D eigenvalue weighted by molar-refractivity contribution is -0.572. The molecule has 248 valence electrons. The van der Waals surface area contributed by atoms with Crippen molar-refractivity contribution in [3.63, 3.8) is 0 Å². The third kappa shape index (κ3) is 5.91. The molecule has 0 N–H and O–H groups in total. The van der Waals surface area contributed by atoms with Crippen LogP contribution in [-0.4, -0.2) is 19.1 Å². The Hall–Kier alpha value is -5.75. The van der Waals surface area contributed by atoms with Crippen LogP contribution in [0.1, 0.15) is 52.7 Å². The number of nitrogens with zero attached hydrogens (tertiary/aromatic N) is 5. The van der Waals surface area contributed by atoms with Crippen LogP contribution in [0.25, 0.3) is 50.2 Å². The highest BCUT2D eigenvalue weighted by Gasteiger charge is 2.19. The molecule has 4 aromatic heterocycles. The van der Waals surface area contributed by atoms with E-state index in [0.29, 0.717) is 5.75 Å². The van der Waals surface area contributed by atoms with Crippen molar-refractivity contribution >= 4 is 32.8 Å². The SMILES string of the molecule is CC(C)(C)Cc1cccc(-[n+]2[c-]n(-c3cc(Oc4ccc5c6ccccc6n(-c6cc(C(C)(C)C)ccn6)c5c4)ccn3)c3ccccc32)c1. The second-order valence-corrected chi connectivity index (χ2v) is 15.3. The van der Waals surface area contributed by atoms with Gasteiger partial charge < -0.3 is 4.74 Å². The van der Waals surface area contributed by atoms with E-state index in [1.54, 1.807) is 6.20 Å². The van der Waals surface area contributed by atoms with E-state index in [1.807, 2.05) is 35.0 Å². The van der Waals surface area contributed by atoms with Gasteiger partial charge in [0.25, 0.3) is 6.33 Å². The van der Waals surface area contributed by atoms with Crippen LogP contribution in [0.5, 0.6) is 11.5 Å². The summed E-state index contributed by atoms with van der Waals surface area (Å²) < 4.78 is 12.9. The molecule has 0 bridgehead atoms. The van der Waals surface area contributed by atoms with Crippen LogP contribution in [0.4, 0.5) is 0 Å². The maximum absolute atomic E-state index is 6.57. The van der Waals surface area contributed by atoms with Crippen LogP contribution in [-0.2, 0) is 11.8 Å². The lowest BCUT2D eigenvalue weighted by Crippen LogP contribution is -2.29. The fourth-order valence-corrected chi connectivity index (χ4v) is 6.83. The van der Waals surface area contributed by atoms with Crippen LogP contribution >= 0.6 is 0 Å². The number of ether oxygens (including phenoxy) is 1. The van der Waals surface area contributed by atoms with E-state index in [9.17, 15) is 0 Å². The summed E-state index contributed by atoms with van der Waals surface area (Å²) in [5.74, 6) is 3.04. The maximum Gasteiger partial charge on any atom is 0.271 e. The Morgan fingerprint density at radius 2 is 1.36 bits per heavy atom. The van der Waals surface area contributed by atoms with E-state index in [2.05, 4.69) is 148 Å². The van der Waals surface area contributed by atoms with Gasteiger partial charge in [0, 0.05) is 35.3 Å². The van der Waals surface area contributed by atoms with Crippen molar-refractivity contribution in [2.45, 2.75) is 53.4 Å². The third-order valence-electron chi connectivity index (χ3n) is 9.13. The molecule has 4 heterocycles. The minimum atomic E-state index is 0.00179. The first-order chi connectivity index (χ1) is 24.0. The van der Waals surface area contributed by atoms with E-state index >= 15 is 0 Å². The number of aromatic nitrogens is 5. The lowest BCUT2D eigenvalue weighted by Gasteiger charge is -2.20. The molecule has 0 atom stereocenters. The van der Waals surface area contributed by atoms with E-state index in [-0.39, 0.29) is 10.8 Å². The van der Waals surface area contributed by atoms with Gasteiger partial charge in [0.2, 0.25) is 0 Å². The van der Waals surface area contributed by atoms with E-state index in [0.717, 1.165) is 56.9 Å². The minimum absolute atomic E-state index is 0.00179. The molecule has 0 saturated carbocycles. The standard InChI is InChI=1S/C44H41N5O/c1-43(2,3)28-30-12-11-13-32(24-30)47-29-48(39-17-10-9-16-38(39)47)41-27-34(21-23-45-41)50-33-18-19-36-35-14-7-8-15-37(35)49(40(36)26-33)42-25-31(20-22-46-42)44(4,5)6/h7-27H,28H2,1-6H3. The smallest absolute Gasteiger partial charge is 0.271 e. The quantitative estimate of drug-likeness (QED) is 0.132. The fraction of sp³-hybridized carbons (Fsp3) is 0.205. The summed E-state index contributed by atoms with van der Waals surface area (Å²) in [5.41, 5.74) is 8.01. The van der Waals surface area contributed by atoms with Gasteiger partial charge in [-0.1, -0.05) is 102 Å². The van der Waals surface area contributed by atoms with Gasteiger partial charge in [0.1, 0.15) is 17.3 Å². The Kier molecular flexibility index (Phi) is 7.56. The molecule has 50 heavy (non-hydrogen) atoms. The Labute approximate surface area is 293 Å². The first kappa shape index (κ1) is 31.5. The summed E-state index contributed by atoms with van der Waals surface area (Å²) in [5, 5.41) is 2.33. The van der Waals surface area contributed by atoms with Crippen molar-refractivity contribution in [1.82, 2.24) is 19.1 Å². The fourth-order valence-electron chi connectivity index (χ4n) is 6.83. The van der Waals surface area contributed by atoms with Gasteiger partial charge in [0.05, 0.1) is 27.8 Å². The number of rotatable bonds is 6. The maximum atomic E-state index is 6.57. The van der Waals surface area contributed by atoms with Gasteiger partial charge in [-0.05, 0) is 71.3 Å². The predicted molar refractivity (Wildman–Crippen MR) is 202 cm³/mol. The van der Waals surface area contributed by atoms with Gasteiger partial charge in [-0.3, -0.25) is 18.7 Å². The zero-order valence-electron chi connectivity index (χ0n) is 29.5. The minimum Gasteiger partial charge on any atom is -0.458 e. The molecule has 6 nitrogen and oxygen atoms in total. The van der Waals surface area contributed by atoms with E-state index < -0.39 is 0 Å². The molecular formula is C44H41N5O. The highest BCUT2D eigenvalue weighted by molar-refractivity contribution is 6.09. The Bertz CT molecular complexity index is 2530. The monoisotopic (exact) mass is 655 g/mol. The molecule has 8 rings (SSSR count).